The first-order chi connectivity index (χ1) is 9.28. The van der Waals surface area contributed by atoms with Crippen LogP contribution in [0.4, 0.5) is 0 Å². The van der Waals surface area contributed by atoms with Gasteiger partial charge in [-0.3, -0.25) is 4.57 Å². The minimum absolute atomic E-state index is 0.295. The highest BCUT2D eigenvalue weighted by Gasteiger charge is 2.23. The minimum Gasteiger partial charge on any atom is -0.497 e. The fourth-order valence-electron chi connectivity index (χ4n) is 2.79. The lowest BCUT2D eigenvalue weighted by atomic mass is 10.0. The number of aryl methyl sites for hydroxylation is 1. The molecule has 0 amide bonds. The fraction of sp³-hybridized carbons (Fsp3) is 0.214. The highest BCUT2D eigenvalue weighted by Crippen LogP contribution is 2.35. The van der Waals surface area contributed by atoms with Gasteiger partial charge < -0.3 is 14.1 Å². The molecule has 0 aliphatic carbocycles. The molecule has 96 valence electrons. The number of aromatic nitrogens is 2. The highest BCUT2D eigenvalue weighted by molar-refractivity contribution is 5.91. The largest absolute Gasteiger partial charge is 0.497 e. The van der Waals surface area contributed by atoms with Gasteiger partial charge in [0.25, 0.3) is 0 Å². The van der Waals surface area contributed by atoms with Gasteiger partial charge in [0.15, 0.2) is 0 Å². The SMILES string of the molecule is COc1ccc2[nH]c3c(c2c1)CCn1c-3coc1=O. The van der Waals surface area contributed by atoms with Crippen LogP contribution in [-0.4, -0.2) is 16.7 Å². The zero-order valence-electron chi connectivity index (χ0n) is 10.4. The van der Waals surface area contributed by atoms with Crippen LogP contribution >= 0.6 is 0 Å². The number of hydrogen-bond donors (Lipinski definition) is 1. The van der Waals surface area contributed by atoms with Crippen molar-refractivity contribution in [2.75, 3.05) is 7.11 Å². The van der Waals surface area contributed by atoms with E-state index in [-0.39, 0.29) is 5.76 Å². The first-order valence-corrected chi connectivity index (χ1v) is 6.15. The third-order valence-electron chi connectivity index (χ3n) is 3.74. The summed E-state index contributed by atoms with van der Waals surface area (Å²) >= 11 is 0. The Balaban J connectivity index is 2.05. The molecule has 5 heteroatoms. The number of benzene rings is 1. The van der Waals surface area contributed by atoms with Crippen LogP contribution in [0, 0.1) is 0 Å². The Kier molecular flexibility index (Phi) is 1.95. The average Bonchev–Trinajstić information content (AvgIpc) is 2.99. The Labute approximate surface area is 108 Å². The van der Waals surface area contributed by atoms with E-state index in [9.17, 15) is 4.79 Å². The molecule has 1 aliphatic heterocycles. The van der Waals surface area contributed by atoms with E-state index in [2.05, 4.69) is 4.98 Å². The second kappa shape index (κ2) is 3.54. The van der Waals surface area contributed by atoms with E-state index in [1.165, 1.54) is 11.8 Å². The zero-order chi connectivity index (χ0) is 13.0. The van der Waals surface area contributed by atoms with Crippen molar-refractivity contribution < 1.29 is 9.15 Å². The van der Waals surface area contributed by atoms with Crippen molar-refractivity contribution in [1.82, 2.24) is 9.55 Å². The van der Waals surface area contributed by atoms with E-state index in [0.29, 0.717) is 6.54 Å². The number of fused-ring (bicyclic) bond motifs is 5. The molecule has 1 aromatic carbocycles. The molecule has 0 radical (unpaired) electrons. The van der Waals surface area contributed by atoms with Gasteiger partial charge in [0.2, 0.25) is 0 Å². The zero-order valence-corrected chi connectivity index (χ0v) is 10.4. The van der Waals surface area contributed by atoms with Crippen molar-refractivity contribution in [3.8, 4) is 17.1 Å². The molecule has 0 spiro atoms. The van der Waals surface area contributed by atoms with Gasteiger partial charge in [-0.25, -0.2) is 4.79 Å². The van der Waals surface area contributed by atoms with Gasteiger partial charge in [-0.2, -0.15) is 0 Å². The smallest absolute Gasteiger partial charge is 0.419 e. The van der Waals surface area contributed by atoms with Gasteiger partial charge in [-0.1, -0.05) is 0 Å². The second-order valence-electron chi connectivity index (χ2n) is 4.68. The molecule has 1 N–H and O–H groups in total. The van der Waals surface area contributed by atoms with Crippen LogP contribution in [0.5, 0.6) is 5.75 Å². The summed E-state index contributed by atoms with van der Waals surface area (Å²) in [6.07, 6.45) is 2.34. The number of methoxy groups -OCH3 is 1. The summed E-state index contributed by atoms with van der Waals surface area (Å²) in [5.74, 6) is 0.543. The van der Waals surface area contributed by atoms with Crippen LogP contribution in [0.3, 0.4) is 0 Å². The number of rotatable bonds is 1. The van der Waals surface area contributed by atoms with Crippen molar-refractivity contribution in [1.29, 1.82) is 0 Å². The summed E-state index contributed by atoms with van der Waals surface area (Å²) in [5.41, 5.74) is 4.06. The number of hydrogen-bond acceptors (Lipinski definition) is 3. The van der Waals surface area contributed by atoms with E-state index in [1.807, 2.05) is 18.2 Å². The van der Waals surface area contributed by atoms with Crippen molar-refractivity contribution in [2.24, 2.45) is 0 Å². The summed E-state index contributed by atoms with van der Waals surface area (Å²) in [4.78, 5) is 14.9. The molecule has 1 aliphatic rings. The molecule has 3 heterocycles. The van der Waals surface area contributed by atoms with Gasteiger partial charge in [0.05, 0.1) is 12.8 Å². The van der Waals surface area contributed by atoms with Crippen LogP contribution < -0.4 is 10.5 Å². The summed E-state index contributed by atoms with van der Waals surface area (Å²) in [6.45, 7) is 0.655. The quantitative estimate of drug-likeness (QED) is 0.725. The molecule has 5 nitrogen and oxygen atoms in total. The molecule has 0 fully saturated rings. The van der Waals surface area contributed by atoms with Crippen LogP contribution in [0.25, 0.3) is 22.3 Å². The number of nitrogens with zero attached hydrogens (tertiary/aromatic N) is 1. The van der Waals surface area contributed by atoms with Crippen LogP contribution in [0.15, 0.2) is 33.7 Å². The number of aromatic amines is 1. The Morgan fingerprint density at radius 1 is 1.42 bits per heavy atom. The summed E-state index contributed by atoms with van der Waals surface area (Å²) in [5, 5.41) is 1.15. The van der Waals surface area contributed by atoms with E-state index in [1.54, 1.807) is 11.7 Å². The molecule has 4 rings (SSSR count). The van der Waals surface area contributed by atoms with Crippen molar-refractivity contribution >= 4 is 10.9 Å². The maximum atomic E-state index is 11.6. The summed E-state index contributed by atoms with van der Waals surface area (Å²) in [6, 6.07) is 5.94. The molecule has 0 saturated heterocycles. The first kappa shape index (κ1) is 10.5. The van der Waals surface area contributed by atoms with Gasteiger partial charge in [-0.15, -0.1) is 0 Å². The third kappa shape index (κ3) is 1.32. The second-order valence-corrected chi connectivity index (χ2v) is 4.68. The molecule has 3 aromatic rings. The van der Waals surface area contributed by atoms with E-state index >= 15 is 0 Å². The predicted molar refractivity (Wildman–Crippen MR) is 70.5 cm³/mol. The predicted octanol–water partition coefficient (Wildman–Crippen LogP) is 2.15. The monoisotopic (exact) mass is 256 g/mol. The van der Waals surface area contributed by atoms with Gasteiger partial charge in [0.1, 0.15) is 17.7 Å². The molecule has 19 heavy (non-hydrogen) atoms. The number of H-pyrrole nitrogens is 1. The lowest BCUT2D eigenvalue weighted by Crippen LogP contribution is -2.20. The Hall–Kier alpha value is -2.43. The van der Waals surface area contributed by atoms with E-state index in [0.717, 1.165) is 34.5 Å². The topological polar surface area (TPSA) is 60.2 Å². The Morgan fingerprint density at radius 2 is 2.32 bits per heavy atom. The lowest BCUT2D eigenvalue weighted by Gasteiger charge is -2.13. The highest BCUT2D eigenvalue weighted by atomic mass is 16.5. The molecule has 0 atom stereocenters. The Morgan fingerprint density at radius 3 is 3.16 bits per heavy atom. The number of nitrogens with one attached hydrogen (secondary N) is 1. The molecule has 0 bridgehead atoms. The van der Waals surface area contributed by atoms with Gasteiger partial charge >= 0.3 is 5.76 Å². The maximum Gasteiger partial charge on any atom is 0.419 e. The normalized spacial score (nSPS) is 13.3. The van der Waals surface area contributed by atoms with Crippen LogP contribution in [0.1, 0.15) is 5.56 Å². The fourth-order valence-corrected chi connectivity index (χ4v) is 2.79. The van der Waals surface area contributed by atoms with Crippen LogP contribution in [0.2, 0.25) is 0 Å². The summed E-state index contributed by atoms with van der Waals surface area (Å²) in [7, 11) is 1.66. The maximum absolute atomic E-state index is 11.6. The average molecular weight is 256 g/mol. The molecular weight excluding hydrogens is 244 g/mol. The van der Waals surface area contributed by atoms with E-state index in [4.69, 9.17) is 9.15 Å². The molecule has 0 unspecified atom stereocenters. The standard InChI is InChI=1S/C14H12N2O3/c1-18-8-2-3-11-10(6-8)9-4-5-16-12(13(9)15-11)7-19-14(16)17/h2-3,6-7,15H,4-5H2,1H3. The summed E-state index contributed by atoms with van der Waals surface area (Å²) < 4.78 is 11.9. The van der Waals surface area contributed by atoms with Crippen molar-refractivity contribution in [3.05, 3.63) is 40.6 Å². The van der Waals surface area contributed by atoms with Crippen molar-refractivity contribution in [2.45, 2.75) is 13.0 Å². The van der Waals surface area contributed by atoms with Crippen molar-refractivity contribution in [3.63, 3.8) is 0 Å². The molecule has 2 aromatic heterocycles. The number of ether oxygens (including phenoxy) is 1. The minimum atomic E-state index is -0.295. The van der Waals surface area contributed by atoms with Gasteiger partial charge in [-0.05, 0) is 30.2 Å². The van der Waals surface area contributed by atoms with Crippen LogP contribution in [-0.2, 0) is 13.0 Å². The molecule has 0 saturated carbocycles. The Bertz CT molecular complexity index is 838. The van der Waals surface area contributed by atoms with Gasteiger partial charge in [0, 0.05) is 17.4 Å². The lowest BCUT2D eigenvalue weighted by molar-refractivity contribution is 0.415. The van der Waals surface area contributed by atoms with E-state index < -0.39 is 0 Å². The number of oxazole rings is 1. The molecular formula is C14H12N2O3. The first-order valence-electron chi connectivity index (χ1n) is 6.15. The third-order valence-corrected chi connectivity index (χ3v) is 3.74.